The van der Waals surface area contributed by atoms with Gasteiger partial charge in [0.25, 0.3) is 0 Å². The maximum absolute atomic E-state index is 12.1. The summed E-state index contributed by atoms with van der Waals surface area (Å²) in [6, 6.07) is 7.52. The van der Waals surface area contributed by atoms with Crippen molar-refractivity contribution >= 4 is 23.4 Å². The van der Waals surface area contributed by atoms with Crippen molar-refractivity contribution in [3.05, 3.63) is 34.9 Å². The van der Waals surface area contributed by atoms with Gasteiger partial charge < -0.3 is 10.2 Å². The summed E-state index contributed by atoms with van der Waals surface area (Å²) in [4.78, 5) is 25.6. The number of nitrogens with one attached hydrogen (secondary N) is 1. The van der Waals surface area contributed by atoms with Crippen LogP contribution in [0.5, 0.6) is 0 Å². The zero-order valence-electron chi connectivity index (χ0n) is 11.7. The molecule has 0 radical (unpaired) electrons. The Hall–Kier alpha value is -1.55. The van der Waals surface area contributed by atoms with Crippen molar-refractivity contribution in [2.75, 3.05) is 6.54 Å². The molecule has 20 heavy (non-hydrogen) atoms. The summed E-state index contributed by atoms with van der Waals surface area (Å²) < 4.78 is 0. The first kappa shape index (κ1) is 14.9. The molecule has 0 bridgehead atoms. The molecule has 0 aromatic heterocycles. The van der Waals surface area contributed by atoms with Gasteiger partial charge in [0, 0.05) is 30.6 Å². The molecule has 1 saturated heterocycles. The molecule has 1 aromatic rings. The summed E-state index contributed by atoms with van der Waals surface area (Å²) in [5.41, 5.74) is 0.955. The Bertz CT molecular complexity index is 516. The molecule has 108 valence electrons. The van der Waals surface area contributed by atoms with E-state index in [-0.39, 0.29) is 23.8 Å². The van der Waals surface area contributed by atoms with Gasteiger partial charge in [-0.15, -0.1) is 0 Å². The molecule has 1 fully saturated rings. The van der Waals surface area contributed by atoms with Crippen LogP contribution in [0.25, 0.3) is 0 Å². The van der Waals surface area contributed by atoms with E-state index in [9.17, 15) is 9.59 Å². The summed E-state index contributed by atoms with van der Waals surface area (Å²) in [5, 5.41) is 3.52. The number of nitrogens with zero attached hydrogens (tertiary/aromatic N) is 1. The molecule has 0 spiro atoms. The predicted molar refractivity (Wildman–Crippen MR) is 78.3 cm³/mol. The summed E-state index contributed by atoms with van der Waals surface area (Å²) in [7, 11) is 0. The van der Waals surface area contributed by atoms with E-state index in [2.05, 4.69) is 5.32 Å². The Kier molecular flexibility index (Phi) is 4.65. The second-order valence-electron chi connectivity index (χ2n) is 5.39. The third-order valence-corrected chi connectivity index (χ3v) is 3.74. The molecule has 0 unspecified atom stereocenters. The lowest BCUT2D eigenvalue weighted by atomic mass is 10.1. The van der Waals surface area contributed by atoms with Gasteiger partial charge in [0.05, 0.1) is 5.92 Å². The van der Waals surface area contributed by atoms with E-state index in [1.807, 2.05) is 32.0 Å². The molecule has 0 saturated carbocycles. The van der Waals surface area contributed by atoms with Crippen LogP contribution in [0.15, 0.2) is 24.3 Å². The minimum Gasteiger partial charge on any atom is -0.352 e. The molecule has 1 aliphatic rings. The SMILES string of the molecule is CC(C)N1C[C@H](C(=O)NCc2cccc(Cl)c2)CC1=O. The van der Waals surface area contributed by atoms with Crippen molar-refractivity contribution in [3.8, 4) is 0 Å². The van der Waals surface area contributed by atoms with Gasteiger partial charge in [-0.05, 0) is 31.5 Å². The molecule has 1 aliphatic heterocycles. The van der Waals surface area contributed by atoms with E-state index in [0.29, 0.717) is 24.5 Å². The number of hydrogen-bond donors (Lipinski definition) is 1. The smallest absolute Gasteiger partial charge is 0.225 e. The fraction of sp³-hybridized carbons (Fsp3) is 0.467. The van der Waals surface area contributed by atoms with Gasteiger partial charge in [-0.25, -0.2) is 0 Å². The van der Waals surface area contributed by atoms with Crippen LogP contribution in [-0.2, 0) is 16.1 Å². The van der Waals surface area contributed by atoms with Crippen molar-refractivity contribution < 1.29 is 9.59 Å². The highest BCUT2D eigenvalue weighted by molar-refractivity contribution is 6.30. The molecule has 1 N–H and O–H groups in total. The minimum atomic E-state index is -0.246. The number of benzene rings is 1. The summed E-state index contributed by atoms with van der Waals surface area (Å²) in [6.45, 7) is 4.87. The Labute approximate surface area is 124 Å². The van der Waals surface area contributed by atoms with Crippen molar-refractivity contribution in [2.24, 2.45) is 5.92 Å². The Morgan fingerprint density at radius 3 is 2.85 bits per heavy atom. The van der Waals surface area contributed by atoms with Gasteiger partial charge in [0.2, 0.25) is 11.8 Å². The number of carbonyl (C=O) groups excluding carboxylic acids is 2. The van der Waals surface area contributed by atoms with Crippen molar-refractivity contribution in [3.63, 3.8) is 0 Å². The van der Waals surface area contributed by atoms with Gasteiger partial charge in [-0.1, -0.05) is 23.7 Å². The number of likely N-dealkylation sites (tertiary alicyclic amines) is 1. The van der Waals surface area contributed by atoms with Gasteiger partial charge >= 0.3 is 0 Å². The lowest BCUT2D eigenvalue weighted by Crippen LogP contribution is -2.35. The molecule has 2 amide bonds. The van der Waals surface area contributed by atoms with Crippen molar-refractivity contribution in [1.82, 2.24) is 10.2 Å². The van der Waals surface area contributed by atoms with Crippen LogP contribution >= 0.6 is 11.6 Å². The quantitative estimate of drug-likeness (QED) is 0.925. The largest absolute Gasteiger partial charge is 0.352 e. The average Bonchev–Trinajstić information content (AvgIpc) is 2.78. The number of hydrogen-bond acceptors (Lipinski definition) is 2. The first-order valence-electron chi connectivity index (χ1n) is 6.79. The van der Waals surface area contributed by atoms with E-state index in [1.165, 1.54) is 0 Å². The van der Waals surface area contributed by atoms with E-state index in [1.54, 1.807) is 11.0 Å². The highest BCUT2D eigenvalue weighted by atomic mass is 35.5. The van der Waals surface area contributed by atoms with Crippen LogP contribution in [0, 0.1) is 5.92 Å². The number of rotatable bonds is 4. The van der Waals surface area contributed by atoms with E-state index >= 15 is 0 Å². The number of halogens is 1. The van der Waals surface area contributed by atoms with Crippen LogP contribution in [-0.4, -0.2) is 29.3 Å². The number of amides is 2. The zero-order chi connectivity index (χ0) is 14.7. The first-order valence-corrected chi connectivity index (χ1v) is 7.17. The maximum Gasteiger partial charge on any atom is 0.225 e. The fourth-order valence-electron chi connectivity index (χ4n) is 2.39. The molecule has 1 heterocycles. The topological polar surface area (TPSA) is 49.4 Å². The fourth-order valence-corrected chi connectivity index (χ4v) is 2.60. The third kappa shape index (κ3) is 3.51. The standard InChI is InChI=1S/C15H19ClN2O2/c1-10(2)18-9-12(7-14(18)19)15(20)17-8-11-4-3-5-13(16)6-11/h3-6,10,12H,7-9H2,1-2H3,(H,17,20)/t12-/m1/s1. The van der Waals surface area contributed by atoms with Crippen LogP contribution in [0.2, 0.25) is 5.02 Å². The second-order valence-corrected chi connectivity index (χ2v) is 5.83. The molecule has 0 aliphatic carbocycles. The van der Waals surface area contributed by atoms with Crippen LogP contribution < -0.4 is 5.32 Å². The third-order valence-electron chi connectivity index (χ3n) is 3.51. The number of carbonyl (C=O) groups is 2. The van der Waals surface area contributed by atoms with Crippen molar-refractivity contribution in [2.45, 2.75) is 32.9 Å². The molecule has 1 aromatic carbocycles. The monoisotopic (exact) mass is 294 g/mol. The minimum absolute atomic E-state index is 0.0582. The maximum atomic E-state index is 12.1. The Morgan fingerprint density at radius 1 is 1.50 bits per heavy atom. The van der Waals surface area contributed by atoms with Gasteiger partial charge in [0.15, 0.2) is 0 Å². The molecule has 1 atom stereocenters. The summed E-state index contributed by atoms with van der Waals surface area (Å²) >= 11 is 5.90. The molecular weight excluding hydrogens is 276 g/mol. The van der Waals surface area contributed by atoms with Gasteiger partial charge in [-0.2, -0.15) is 0 Å². The van der Waals surface area contributed by atoms with Crippen molar-refractivity contribution in [1.29, 1.82) is 0 Å². The van der Waals surface area contributed by atoms with Gasteiger partial charge in [0.1, 0.15) is 0 Å². The average molecular weight is 295 g/mol. The normalized spacial score (nSPS) is 18.7. The van der Waals surface area contributed by atoms with E-state index in [0.717, 1.165) is 5.56 Å². The van der Waals surface area contributed by atoms with Crippen LogP contribution in [0.1, 0.15) is 25.8 Å². The lowest BCUT2D eigenvalue weighted by Gasteiger charge is -2.20. The van der Waals surface area contributed by atoms with E-state index < -0.39 is 0 Å². The highest BCUT2D eigenvalue weighted by Crippen LogP contribution is 2.20. The zero-order valence-corrected chi connectivity index (χ0v) is 12.5. The first-order chi connectivity index (χ1) is 9.47. The van der Waals surface area contributed by atoms with Crippen LogP contribution in [0.4, 0.5) is 0 Å². The van der Waals surface area contributed by atoms with Gasteiger partial charge in [-0.3, -0.25) is 9.59 Å². The second kappa shape index (κ2) is 6.27. The summed E-state index contributed by atoms with van der Waals surface area (Å²) in [6.07, 6.45) is 0.305. The molecule has 4 nitrogen and oxygen atoms in total. The Balaban J connectivity index is 1.89. The summed E-state index contributed by atoms with van der Waals surface area (Å²) in [5.74, 6) is -0.256. The van der Waals surface area contributed by atoms with Crippen LogP contribution in [0.3, 0.4) is 0 Å². The molecular formula is C15H19ClN2O2. The predicted octanol–water partition coefficient (Wildman–Crippen LogP) is 2.21. The Morgan fingerprint density at radius 2 is 2.25 bits per heavy atom. The highest BCUT2D eigenvalue weighted by Gasteiger charge is 2.35. The molecule has 5 heteroatoms. The van der Waals surface area contributed by atoms with E-state index in [4.69, 9.17) is 11.6 Å². The lowest BCUT2D eigenvalue weighted by molar-refractivity contribution is -0.129. The molecule has 2 rings (SSSR count).